The van der Waals surface area contributed by atoms with Gasteiger partial charge in [0.15, 0.2) is 5.78 Å². The number of rotatable bonds is 2. The van der Waals surface area contributed by atoms with Crippen LogP contribution in [0.5, 0.6) is 0 Å². The first-order valence-corrected chi connectivity index (χ1v) is 7.85. The van der Waals surface area contributed by atoms with Gasteiger partial charge in [-0.1, -0.05) is 12.1 Å². The number of allylic oxidation sites excluding steroid dienone is 2. The number of non-ortho nitro benzene ring substituents is 1. The van der Waals surface area contributed by atoms with Crippen LogP contribution in [0.4, 0.5) is 5.69 Å². The van der Waals surface area contributed by atoms with Crippen LogP contribution in [0, 0.1) is 10.1 Å². The predicted octanol–water partition coefficient (Wildman–Crippen LogP) is 1.67. The third-order valence-corrected chi connectivity index (χ3v) is 4.75. The molecule has 122 valence electrons. The van der Waals surface area contributed by atoms with Gasteiger partial charge in [-0.15, -0.1) is 0 Å². The van der Waals surface area contributed by atoms with E-state index in [0.717, 1.165) is 11.4 Å². The molecule has 2 N–H and O–H groups in total. The highest BCUT2D eigenvalue weighted by molar-refractivity contribution is 6.06. The van der Waals surface area contributed by atoms with E-state index in [9.17, 15) is 19.7 Å². The number of Topliss-reactive ketones (excluding diaryl/α,β-unsaturated/α-hetero) is 1. The van der Waals surface area contributed by atoms with E-state index in [4.69, 9.17) is 0 Å². The number of dihydropyridines is 1. The summed E-state index contributed by atoms with van der Waals surface area (Å²) in [5.41, 5.74) is 3.32. The Morgan fingerprint density at radius 3 is 2.67 bits per heavy atom. The molecule has 1 aromatic carbocycles. The van der Waals surface area contributed by atoms with Crippen LogP contribution < -0.4 is 10.6 Å². The third kappa shape index (κ3) is 2.12. The normalized spacial score (nSPS) is 22.8. The quantitative estimate of drug-likeness (QED) is 0.636. The fraction of sp³-hybridized carbons (Fsp3) is 0.294. The molecule has 0 saturated carbocycles. The number of benzene rings is 1. The lowest BCUT2D eigenvalue weighted by molar-refractivity contribution is -0.384. The van der Waals surface area contributed by atoms with Crippen molar-refractivity contribution < 1.29 is 14.5 Å². The van der Waals surface area contributed by atoms with Crippen molar-refractivity contribution in [3.05, 3.63) is 62.5 Å². The Hall–Kier alpha value is -2.96. The number of nitro groups is 1. The van der Waals surface area contributed by atoms with E-state index < -0.39 is 10.8 Å². The van der Waals surface area contributed by atoms with Crippen LogP contribution in [0.2, 0.25) is 0 Å². The fourth-order valence-electron chi connectivity index (χ4n) is 3.72. The lowest BCUT2D eigenvalue weighted by Crippen LogP contribution is -2.40. The molecule has 1 unspecified atom stereocenters. The van der Waals surface area contributed by atoms with Gasteiger partial charge < -0.3 is 10.6 Å². The minimum Gasteiger partial charge on any atom is -0.361 e. The molecule has 0 saturated heterocycles. The summed E-state index contributed by atoms with van der Waals surface area (Å²) >= 11 is 0. The topological polar surface area (TPSA) is 101 Å². The highest BCUT2D eigenvalue weighted by Gasteiger charge is 2.41. The lowest BCUT2D eigenvalue weighted by atomic mass is 9.78. The van der Waals surface area contributed by atoms with Gasteiger partial charge in [0.1, 0.15) is 0 Å². The van der Waals surface area contributed by atoms with Gasteiger partial charge in [-0.25, -0.2) is 0 Å². The first kappa shape index (κ1) is 14.6. The van der Waals surface area contributed by atoms with Crippen molar-refractivity contribution in [3.63, 3.8) is 0 Å². The molecule has 0 aromatic heterocycles. The summed E-state index contributed by atoms with van der Waals surface area (Å²) in [7, 11) is 0. The Balaban J connectivity index is 1.90. The zero-order chi connectivity index (χ0) is 16.8. The molecule has 2 aliphatic heterocycles. The molecule has 3 aliphatic rings. The Morgan fingerprint density at radius 1 is 1.08 bits per heavy atom. The van der Waals surface area contributed by atoms with Crippen molar-refractivity contribution in [2.24, 2.45) is 0 Å². The molecule has 0 bridgehead atoms. The number of hydrogen-bond acceptors (Lipinski definition) is 5. The second-order valence-corrected chi connectivity index (χ2v) is 6.12. The maximum Gasteiger partial charge on any atom is 0.269 e. The second kappa shape index (κ2) is 5.30. The van der Waals surface area contributed by atoms with Crippen LogP contribution >= 0.6 is 0 Å². The van der Waals surface area contributed by atoms with Gasteiger partial charge in [-0.3, -0.25) is 19.7 Å². The van der Waals surface area contributed by atoms with Crippen LogP contribution in [0.15, 0.2) is 46.8 Å². The predicted molar refractivity (Wildman–Crippen MR) is 84.9 cm³/mol. The van der Waals surface area contributed by atoms with Crippen LogP contribution in [0.1, 0.15) is 30.7 Å². The van der Waals surface area contributed by atoms with E-state index in [1.807, 2.05) is 0 Å². The molecular formula is C17H15N3O4. The standard InChI is InChI=1S/C17H15N3O4/c21-13-5-4-11-15(13)14(9-2-1-3-10(8-9)20(23)24)16-12(19-11)6-7-18-17(16)22/h1-3,8,14,19H,4-7H2,(H,18,22). The van der Waals surface area contributed by atoms with Crippen LogP contribution in [0.25, 0.3) is 0 Å². The van der Waals surface area contributed by atoms with Crippen LogP contribution in [-0.2, 0) is 9.59 Å². The van der Waals surface area contributed by atoms with E-state index in [0.29, 0.717) is 42.5 Å². The van der Waals surface area contributed by atoms with Crippen LogP contribution in [-0.4, -0.2) is 23.2 Å². The summed E-state index contributed by atoms with van der Waals surface area (Å²) in [6.45, 7) is 0.545. The number of nitrogens with zero attached hydrogens (tertiary/aromatic N) is 1. The summed E-state index contributed by atoms with van der Waals surface area (Å²) in [5, 5.41) is 17.2. The third-order valence-electron chi connectivity index (χ3n) is 4.75. The SMILES string of the molecule is O=C1CCC2=C1C(c1cccc([N+](=O)[O-])c1)C1=C(CCNC1=O)N2. The summed E-state index contributed by atoms with van der Waals surface area (Å²) < 4.78 is 0. The average Bonchev–Trinajstić information content (AvgIpc) is 2.94. The first-order valence-electron chi connectivity index (χ1n) is 7.85. The largest absolute Gasteiger partial charge is 0.361 e. The maximum absolute atomic E-state index is 12.4. The van der Waals surface area contributed by atoms with Crippen molar-refractivity contribution in [2.45, 2.75) is 25.2 Å². The molecule has 1 atom stereocenters. The number of ketones is 1. The summed E-state index contributed by atoms with van der Waals surface area (Å²) in [6.07, 6.45) is 1.70. The summed E-state index contributed by atoms with van der Waals surface area (Å²) in [4.78, 5) is 35.5. The minimum absolute atomic E-state index is 0.000991. The maximum atomic E-state index is 12.4. The second-order valence-electron chi connectivity index (χ2n) is 6.12. The number of nitro benzene ring substituents is 1. The molecule has 0 spiro atoms. The molecule has 0 fully saturated rings. The highest BCUT2D eigenvalue weighted by Crippen LogP contribution is 2.44. The van der Waals surface area contributed by atoms with Gasteiger partial charge in [-0.2, -0.15) is 0 Å². The van der Waals surface area contributed by atoms with E-state index in [1.54, 1.807) is 12.1 Å². The number of amides is 1. The average molecular weight is 325 g/mol. The van der Waals surface area contributed by atoms with Gasteiger partial charge in [0.25, 0.3) is 5.69 Å². The zero-order valence-corrected chi connectivity index (χ0v) is 12.8. The Labute approximate surface area is 137 Å². The van der Waals surface area contributed by atoms with E-state index in [-0.39, 0.29) is 17.4 Å². The van der Waals surface area contributed by atoms with Gasteiger partial charge in [0.05, 0.1) is 4.92 Å². The van der Waals surface area contributed by atoms with Crippen molar-refractivity contribution in [1.29, 1.82) is 0 Å². The Bertz CT molecular complexity index is 853. The minimum atomic E-state index is -0.536. The molecule has 7 nitrogen and oxygen atoms in total. The van der Waals surface area contributed by atoms with E-state index in [1.165, 1.54) is 12.1 Å². The molecule has 0 radical (unpaired) electrons. The lowest BCUT2D eigenvalue weighted by Gasteiger charge is -2.33. The first-order chi connectivity index (χ1) is 11.6. The molecule has 1 aromatic rings. The van der Waals surface area contributed by atoms with Gasteiger partial charge in [0, 0.05) is 60.0 Å². The fourth-order valence-corrected chi connectivity index (χ4v) is 3.72. The van der Waals surface area contributed by atoms with Crippen molar-refractivity contribution in [2.75, 3.05) is 6.54 Å². The van der Waals surface area contributed by atoms with Crippen LogP contribution in [0.3, 0.4) is 0 Å². The Morgan fingerprint density at radius 2 is 1.88 bits per heavy atom. The monoisotopic (exact) mass is 325 g/mol. The smallest absolute Gasteiger partial charge is 0.269 e. The molecule has 24 heavy (non-hydrogen) atoms. The van der Waals surface area contributed by atoms with Gasteiger partial charge in [0.2, 0.25) is 5.91 Å². The highest BCUT2D eigenvalue weighted by atomic mass is 16.6. The van der Waals surface area contributed by atoms with E-state index >= 15 is 0 Å². The molecule has 2 heterocycles. The van der Waals surface area contributed by atoms with Crippen molar-refractivity contribution in [3.8, 4) is 0 Å². The summed E-state index contributed by atoms with van der Waals surface area (Å²) in [5.74, 6) is -0.753. The number of carbonyl (C=O) groups is 2. The van der Waals surface area contributed by atoms with Crippen molar-refractivity contribution >= 4 is 17.4 Å². The van der Waals surface area contributed by atoms with Gasteiger partial charge >= 0.3 is 0 Å². The number of hydrogen-bond donors (Lipinski definition) is 2. The number of nitrogens with one attached hydrogen (secondary N) is 2. The zero-order valence-electron chi connectivity index (χ0n) is 12.8. The Kier molecular flexibility index (Phi) is 3.23. The molecule has 7 heteroatoms. The van der Waals surface area contributed by atoms with E-state index in [2.05, 4.69) is 10.6 Å². The molecule has 1 aliphatic carbocycles. The molecule has 4 rings (SSSR count). The van der Waals surface area contributed by atoms with Crippen molar-refractivity contribution in [1.82, 2.24) is 10.6 Å². The molecular weight excluding hydrogens is 310 g/mol. The molecule has 1 amide bonds. The summed E-state index contributed by atoms with van der Waals surface area (Å²) in [6, 6.07) is 6.20. The van der Waals surface area contributed by atoms with Gasteiger partial charge in [-0.05, 0) is 12.0 Å². The number of carbonyl (C=O) groups excluding carboxylic acids is 2.